The van der Waals surface area contributed by atoms with Crippen LogP contribution >= 0.6 is 27.3 Å². The molecule has 0 radical (unpaired) electrons. The lowest BCUT2D eigenvalue weighted by Crippen LogP contribution is -2.34. The van der Waals surface area contributed by atoms with E-state index < -0.39 is 0 Å². The molecule has 0 unspecified atom stereocenters. The van der Waals surface area contributed by atoms with Crippen LogP contribution in [0.4, 0.5) is 4.39 Å². The molecule has 2 rings (SSSR count). The normalized spacial score (nSPS) is 11.7. The van der Waals surface area contributed by atoms with Crippen LogP contribution in [0, 0.1) is 5.82 Å². The number of rotatable bonds is 5. The summed E-state index contributed by atoms with van der Waals surface area (Å²) in [6, 6.07) is 8.72. The quantitative estimate of drug-likeness (QED) is 0.787. The lowest BCUT2D eigenvalue weighted by Gasteiger charge is -2.19. The van der Waals surface area contributed by atoms with Gasteiger partial charge in [-0.05, 0) is 45.0 Å². The summed E-state index contributed by atoms with van der Waals surface area (Å²) in [6.45, 7) is 7.74. The predicted molar refractivity (Wildman–Crippen MR) is 89.3 cm³/mol. The Hall–Kier alpha value is -0.910. The minimum Gasteiger partial charge on any atom is -0.488 e. The molecule has 1 aromatic heterocycles. The number of halogens is 2. The predicted octanol–water partition coefficient (Wildman–Crippen LogP) is 5.12. The monoisotopic (exact) mass is 371 g/mol. The summed E-state index contributed by atoms with van der Waals surface area (Å²) in [5.41, 5.74) is 0.106. The highest BCUT2D eigenvalue weighted by molar-refractivity contribution is 9.10. The standard InChI is InChI=1S/C16H19BrFNOS/c1-16(2,3)19-9-14-4-5-15(21-14)10-20-13-7-11(17)6-12(18)8-13/h4-8,19H,9-10H2,1-3H3. The Morgan fingerprint density at radius 3 is 2.57 bits per heavy atom. The van der Waals surface area contributed by atoms with Crippen LogP contribution in [-0.4, -0.2) is 5.54 Å². The first-order chi connectivity index (χ1) is 9.82. The van der Waals surface area contributed by atoms with Gasteiger partial charge in [-0.25, -0.2) is 4.39 Å². The van der Waals surface area contributed by atoms with E-state index in [9.17, 15) is 4.39 Å². The molecule has 1 N–H and O–H groups in total. The lowest BCUT2D eigenvalue weighted by atomic mass is 10.1. The number of thiophene rings is 1. The molecule has 2 aromatic rings. The SMILES string of the molecule is CC(C)(C)NCc1ccc(COc2cc(F)cc(Br)c2)s1. The fourth-order valence-electron chi connectivity index (χ4n) is 1.71. The van der Waals surface area contributed by atoms with Gasteiger partial charge in [0.1, 0.15) is 18.2 Å². The zero-order valence-corrected chi connectivity index (χ0v) is 14.8. The van der Waals surface area contributed by atoms with E-state index in [2.05, 4.69) is 54.2 Å². The van der Waals surface area contributed by atoms with Crippen LogP contribution in [0.2, 0.25) is 0 Å². The molecule has 114 valence electrons. The zero-order chi connectivity index (χ0) is 15.5. The Labute approximate surface area is 137 Å². The van der Waals surface area contributed by atoms with E-state index in [1.165, 1.54) is 17.0 Å². The summed E-state index contributed by atoms with van der Waals surface area (Å²) < 4.78 is 19.6. The van der Waals surface area contributed by atoms with Gasteiger partial charge in [0, 0.05) is 32.4 Å². The van der Waals surface area contributed by atoms with E-state index >= 15 is 0 Å². The molecule has 0 saturated carbocycles. The molecule has 0 amide bonds. The molecule has 0 fully saturated rings. The van der Waals surface area contributed by atoms with E-state index in [-0.39, 0.29) is 11.4 Å². The van der Waals surface area contributed by atoms with Crippen molar-refractivity contribution >= 4 is 27.3 Å². The first-order valence-corrected chi connectivity index (χ1v) is 8.34. The second-order valence-corrected chi connectivity index (χ2v) is 8.03. The molecule has 21 heavy (non-hydrogen) atoms. The van der Waals surface area contributed by atoms with Crippen LogP contribution in [0.3, 0.4) is 0 Å². The third-order valence-electron chi connectivity index (χ3n) is 2.73. The maximum Gasteiger partial charge on any atom is 0.128 e. The van der Waals surface area contributed by atoms with Gasteiger partial charge >= 0.3 is 0 Å². The molecule has 1 heterocycles. The van der Waals surface area contributed by atoms with Gasteiger partial charge in [-0.1, -0.05) is 15.9 Å². The molecule has 0 aliphatic carbocycles. The number of hydrogen-bond acceptors (Lipinski definition) is 3. The minimum atomic E-state index is -0.305. The largest absolute Gasteiger partial charge is 0.488 e. The van der Waals surface area contributed by atoms with Gasteiger partial charge < -0.3 is 10.1 Å². The molecule has 5 heteroatoms. The maximum atomic E-state index is 13.3. The molecule has 0 atom stereocenters. The van der Waals surface area contributed by atoms with Crippen molar-refractivity contribution in [3.8, 4) is 5.75 Å². The first-order valence-electron chi connectivity index (χ1n) is 6.73. The highest BCUT2D eigenvalue weighted by Crippen LogP contribution is 2.23. The van der Waals surface area contributed by atoms with Crippen LogP contribution < -0.4 is 10.1 Å². The van der Waals surface area contributed by atoms with Crippen molar-refractivity contribution in [2.24, 2.45) is 0 Å². The van der Waals surface area contributed by atoms with Gasteiger partial charge in [-0.15, -0.1) is 11.3 Å². The van der Waals surface area contributed by atoms with Crippen molar-refractivity contribution in [1.29, 1.82) is 0 Å². The summed E-state index contributed by atoms with van der Waals surface area (Å²) >= 11 is 4.96. The smallest absolute Gasteiger partial charge is 0.128 e. The number of hydrogen-bond donors (Lipinski definition) is 1. The zero-order valence-electron chi connectivity index (χ0n) is 12.4. The van der Waals surface area contributed by atoms with E-state index in [0.717, 1.165) is 11.4 Å². The second-order valence-electron chi connectivity index (χ2n) is 5.87. The van der Waals surface area contributed by atoms with Crippen molar-refractivity contribution < 1.29 is 9.13 Å². The van der Waals surface area contributed by atoms with Crippen LogP contribution in [0.5, 0.6) is 5.75 Å². The van der Waals surface area contributed by atoms with Crippen molar-refractivity contribution in [3.05, 3.63) is 50.4 Å². The number of ether oxygens (including phenoxy) is 1. The highest BCUT2D eigenvalue weighted by atomic mass is 79.9. The van der Waals surface area contributed by atoms with Gasteiger partial charge in [0.05, 0.1) is 0 Å². The summed E-state index contributed by atoms with van der Waals surface area (Å²) in [5, 5.41) is 3.45. The Kier molecular flexibility index (Phi) is 5.41. The Morgan fingerprint density at radius 2 is 1.90 bits per heavy atom. The van der Waals surface area contributed by atoms with Crippen LogP contribution in [0.1, 0.15) is 30.5 Å². The van der Waals surface area contributed by atoms with Crippen molar-refractivity contribution in [2.45, 2.75) is 39.5 Å². The average Bonchev–Trinajstić information content (AvgIpc) is 2.80. The fraction of sp³-hybridized carbons (Fsp3) is 0.375. The lowest BCUT2D eigenvalue weighted by molar-refractivity contribution is 0.308. The van der Waals surface area contributed by atoms with Gasteiger partial charge in [-0.3, -0.25) is 0 Å². The Bertz CT molecular complexity index is 586. The molecule has 2 nitrogen and oxygen atoms in total. The van der Waals surface area contributed by atoms with Crippen molar-refractivity contribution in [3.63, 3.8) is 0 Å². The molecular formula is C16H19BrFNOS. The minimum absolute atomic E-state index is 0.106. The third-order valence-corrected chi connectivity index (χ3v) is 4.24. The summed E-state index contributed by atoms with van der Waals surface area (Å²) in [7, 11) is 0. The Morgan fingerprint density at radius 1 is 1.19 bits per heavy atom. The molecular weight excluding hydrogens is 353 g/mol. The summed E-state index contributed by atoms with van der Waals surface area (Å²) in [6.07, 6.45) is 0. The van der Waals surface area contributed by atoms with Crippen molar-refractivity contribution in [2.75, 3.05) is 0 Å². The summed E-state index contributed by atoms with van der Waals surface area (Å²) in [4.78, 5) is 2.39. The average molecular weight is 372 g/mol. The van der Waals surface area contributed by atoms with Gasteiger partial charge in [-0.2, -0.15) is 0 Å². The van der Waals surface area contributed by atoms with Crippen LogP contribution in [0.15, 0.2) is 34.8 Å². The summed E-state index contributed by atoms with van der Waals surface area (Å²) in [5.74, 6) is 0.227. The van der Waals surface area contributed by atoms with Crippen molar-refractivity contribution in [1.82, 2.24) is 5.32 Å². The second kappa shape index (κ2) is 6.90. The molecule has 0 saturated heterocycles. The van der Waals surface area contributed by atoms with Gasteiger partial charge in [0.15, 0.2) is 0 Å². The Balaban J connectivity index is 1.90. The highest BCUT2D eigenvalue weighted by Gasteiger charge is 2.09. The van der Waals surface area contributed by atoms with Crippen LogP contribution in [0.25, 0.3) is 0 Å². The van der Waals surface area contributed by atoms with Gasteiger partial charge in [0.2, 0.25) is 0 Å². The molecule has 1 aromatic carbocycles. The maximum absolute atomic E-state index is 13.3. The number of benzene rings is 1. The van der Waals surface area contributed by atoms with E-state index in [1.54, 1.807) is 17.4 Å². The molecule has 0 bridgehead atoms. The van der Waals surface area contributed by atoms with Crippen LogP contribution in [-0.2, 0) is 13.2 Å². The first kappa shape index (κ1) is 16.5. The number of nitrogens with one attached hydrogen (secondary N) is 1. The molecule has 0 spiro atoms. The van der Waals surface area contributed by atoms with Gasteiger partial charge in [0.25, 0.3) is 0 Å². The third kappa shape index (κ3) is 5.77. The molecule has 0 aliphatic heterocycles. The van der Waals surface area contributed by atoms with E-state index in [1.807, 2.05) is 0 Å². The van der Waals surface area contributed by atoms with E-state index in [0.29, 0.717) is 16.8 Å². The molecule has 0 aliphatic rings. The fourth-order valence-corrected chi connectivity index (χ4v) is 3.03. The topological polar surface area (TPSA) is 21.3 Å². The van der Waals surface area contributed by atoms with E-state index in [4.69, 9.17) is 4.74 Å².